The standard InChI is InChI=1S/C27H23ClN4O2S/c1-17-7-9-18(10-8-17)22-15-23(19-11-13-20(28)14-12-19)32(31-22)27-30-26(34)24(35-27)16-25(33)29-21-5-3-2-4-6-21/h2-14,23-24H,15-16H2,1H3,(H,29,33)/t23-,24-/m0/s1. The summed E-state index contributed by atoms with van der Waals surface area (Å²) in [5, 5.41) is 10.1. The van der Waals surface area contributed by atoms with Crippen molar-refractivity contribution < 1.29 is 9.59 Å². The number of nitrogens with one attached hydrogen (secondary N) is 1. The van der Waals surface area contributed by atoms with Gasteiger partial charge in [-0.1, -0.05) is 83.5 Å². The normalized spacial score (nSPS) is 19.5. The number of aliphatic imine (C=N–C) groups is 1. The Hall–Kier alpha value is -3.42. The lowest BCUT2D eigenvalue weighted by Crippen LogP contribution is -2.25. The van der Waals surface area contributed by atoms with Crippen LogP contribution >= 0.6 is 23.4 Å². The van der Waals surface area contributed by atoms with Crippen LogP contribution in [0.1, 0.15) is 35.6 Å². The highest BCUT2D eigenvalue weighted by molar-refractivity contribution is 8.15. The summed E-state index contributed by atoms with van der Waals surface area (Å²) in [5.74, 6) is -0.542. The summed E-state index contributed by atoms with van der Waals surface area (Å²) >= 11 is 7.40. The van der Waals surface area contributed by atoms with Gasteiger partial charge in [-0.2, -0.15) is 10.1 Å². The number of para-hydroxylation sites is 1. The van der Waals surface area contributed by atoms with Crippen LogP contribution in [-0.4, -0.2) is 33.0 Å². The Morgan fingerprint density at radius 3 is 2.49 bits per heavy atom. The average molecular weight is 503 g/mol. The molecule has 176 valence electrons. The van der Waals surface area contributed by atoms with Gasteiger partial charge in [0.2, 0.25) is 5.91 Å². The van der Waals surface area contributed by atoms with Crippen LogP contribution in [0.2, 0.25) is 5.02 Å². The number of carbonyl (C=O) groups excluding carboxylic acids is 2. The van der Waals surface area contributed by atoms with Gasteiger partial charge < -0.3 is 5.32 Å². The van der Waals surface area contributed by atoms with Crippen molar-refractivity contribution in [1.82, 2.24) is 5.01 Å². The number of nitrogens with zero attached hydrogens (tertiary/aromatic N) is 3. The largest absolute Gasteiger partial charge is 0.326 e. The topological polar surface area (TPSA) is 74.1 Å². The van der Waals surface area contributed by atoms with E-state index in [4.69, 9.17) is 16.7 Å². The minimum atomic E-state index is -0.585. The maximum Gasteiger partial charge on any atom is 0.262 e. The van der Waals surface area contributed by atoms with Crippen LogP contribution in [0, 0.1) is 6.92 Å². The van der Waals surface area contributed by atoms with E-state index in [0.717, 1.165) is 16.8 Å². The fourth-order valence-corrected chi connectivity index (χ4v) is 5.25. The third-order valence-electron chi connectivity index (χ3n) is 5.90. The van der Waals surface area contributed by atoms with Gasteiger partial charge in [-0.3, -0.25) is 9.59 Å². The van der Waals surface area contributed by atoms with Crippen molar-refractivity contribution in [3.8, 4) is 0 Å². The number of hydrogen-bond donors (Lipinski definition) is 1. The molecule has 8 heteroatoms. The Bertz CT molecular complexity index is 1310. The summed E-state index contributed by atoms with van der Waals surface area (Å²) in [4.78, 5) is 29.6. The van der Waals surface area contributed by atoms with Crippen molar-refractivity contribution in [1.29, 1.82) is 0 Å². The molecule has 2 atom stereocenters. The number of amides is 2. The van der Waals surface area contributed by atoms with E-state index >= 15 is 0 Å². The van der Waals surface area contributed by atoms with E-state index in [1.165, 1.54) is 17.3 Å². The highest BCUT2D eigenvalue weighted by atomic mass is 35.5. The van der Waals surface area contributed by atoms with Crippen LogP contribution in [0.15, 0.2) is 89.0 Å². The van der Waals surface area contributed by atoms with Gasteiger partial charge in [0.1, 0.15) is 5.25 Å². The van der Waals surface area contributed by atoms with Gasteiger partial charge in [-0.25, -0.2) is 5.01 Å². The number of aryl methyl sites for hydroxylation is 1. The maximum absolute atomic E-state index is 12.7. The molecular formula is C27H23ClN4O2S. The van der Waals surface area contributed by atoms with Crippen molar-refractivity contribution in [2.75, 3.05) is 5.32 Å². The molecule has 2 amide bonds. The fourth-order valence-electron chi connectivity index (χ4n) is 4.06. The summed E-state index contributed by atoms with van der Waals surface area (Å²) in [5.41, 5.74) is 4.86. The molecule has 0 spiro atoms. The number of anilines is 1. The number of amidine groups is 1. The van der Waals surface area contributed by atoms with Crippen molar-refractivity contribution in [3.05, 3.63) is 101 Å². The Kier molecular flexibility index (Phi) is 6.70. The van der Waals surface area contributed by atoms with E-state index in [1.807, 2.05) is 66.5 Å². The third kappa shape index (κ3) is 5.31. The molecular weight excluding hydrogens is 480 g/mol. The lowest BCUT2D eigenvalue weighted by Gasteiger charge is -2.23. The molecule has 35 heavy (non-hydrogen) atoms. The molecule has 0 saturated heterocycles. The van der Waals surface area contributed by atoms with Crippen LogP contribution in [0.5, 0.6) is 0 Å². The zero-order valence-corrected chi connectivity index (χ0v) is 20.6. The summed E-state index contributed by atoms with van der Waals surface area (Å²) in [7, 11) is 0. The number of carbonyl (C=O) groups is 2. The highest BCUT2D eigenvalue weighted by Crippen LogP contribution is 2.39. The first-order chi connectivity index (χ1) is 17.0. The van der Waals surface area contributed by atoms with Gasteiger partial charge in [0.05, 0.1) is 11.8 Å². The van der Waals surface area contributed by atoms with Crippen molar-refractivity contribution in [2.45, 2.75) is 31.1 Å². The Labute approximate surface area is 213 Å². The van der Waals surface area contributed by atoms with Gasteiger partial charge in [-0.15, -0.1) is 0 Å². The molecule has 3 aromatic carbocycles. The van der Waals surface area contributed by atoms with E-state index in [-0.39, 0.29) is 24.3 Å². The second-order valence-electron chi connectivity index (χ2n) is 8.49. The van der Waals surface area contributed by atoms with Gasteiger partial charge in [-0.05, 0) is 42.3 Å². The molecule has 3 aromatic rings. The van der Waals surface area contributed by atoms with Crippen LogP contribution in [0.4, 0.5) is 5.69 Å². The lowest BCUT2D eigenvalue weighted by atomic mass is 9.98. The van der Waals surface area contributed by atoms with E-state index in [2.05, 4.69) is 34.6 Å². The molecule has 1 N–H and O–H groups in total. The lowest BCUT2D eigenvalue weighted by molar-refractivity contribution is -0.121. The molecule has 0 saturated carbocycles. The molecule has 2 aliphatic rings. The monoisotopic (exact) mass is 502 g/mol. The van der Waals surface area contributed by atoms with Crippen LogP contribution in [0.3, 0.4) is 0 Å². The molecule has 2 heterocycles. The summed E-state index contributed by atoms with van der Waals surface area (Å²) < 4.78 is 0. The summed E-state index contributed by atoms with van der Waals surface area (Å²) in [6.07, 6.45) is 0.705. The second-order valence-corrected chi connectivity index (χ2v) is 10.1. The highest BCUT2D eigenvalue weighted by Gasteiger charge is 2.39. The van der Waals surface area contributed by atoms with Crippen LogP contribution in [-0.2, 0) is 9.59 Å². The Morgan fingerprint density at radius 2 is 1.77 bits per heavy atom. The smallest absolute Gasteiger partial charge is 0.262 e. The molecule has 0 unspecified atom stereocenters. The number of hydrogen-bond acceptors (Lipinski definition) is 5. The minimum Gasteiger partial charge on any atom is -0.326 e. The predicted octanol–water partition coefficient (Wildman–Crippen LogP) is 5.83. The molecule has 0 aromatic heterocycles. The first kappa shape index (κ1) is 23.3. The van der Waals surface area contributed by atoms with Crippen LogP contribution < -0.4 is 5.32 Å². The molecule has 0 fully saturated rings. The molecule has 0 aliphatic carbocycles. The number of halogens is 1. The average Bonchev–Trinajstić information content (AvgIpc) is 3.45. The number of thioether (sulfide) groups is 1. The Morgan fingerprint density at radius 1 is 1.06 bits per heavy atom. The molecule has 2 aliphatic heterocycles. The van der Waals surface area contributed by atoms with Crippen molar-refractivity contribution in [2.24, 2.45) is 10.1 Å². The summed E-state index contributed by atoms with van der Waals surface area (Å²) in [6, 6.07) is 25.0. The zero-order chi connectivity index (χ0) is 24.4. The van der Waals surface area contributed by atoms with E-state index in [1.54, 1.807) is 0 Å². The quantitative estimate of drug-likeness (QED) is 0.476. The number of rotatable bonds is 5. The molecule has 0 radical (unpaired) electrons. The van der Waals surface area contributed by atoms with Gasteiger partial charge >= 0.3 is 0 Å². The maximum atomic E-state index is 12.7. The third-order valence-corrected chi connectivity index (χ3v) is 7.30. The van der Waals surface area contributed by atoms with E-state index < -0.39 is 5.25 Å². The molecule has 0 bridgehead atoms. The van der Waals surface area contributed by atoms with Crippen molar-refractivity contribution in [3.63, 3.8) is 0 Å². The fraction of sp³-hybridized carbons (Fsp3) is 0.185. The van der Waals surface area contributed by atoms with Gasteiger partial charge in [0, 0.05) is 23.6 Å². The van der Waals surface area contributed by atoms with E-state index in [9.17, 15) is 9.59 Å². The van der Waals surface area contributed by atoms with Crippen LogP contribution in [0.25, 0.3) is 0 Å². The van der Waals surface area contributed by atoms with Gasteiger partial charge in [0.15, 0.2) is 5.17 Å². The van der Waals surface area contributed by atoms with Crippen molar-refractivity contribution >= 4 is 51.7 Å². The van der Waals surface area contributed by atoms with E-state index in [0.29, 0.717) is 22.3 Å². The molecule has 5 rings (SSSR count). The first-order valence-corrected chi connectivity index (χ1v) is 12.6. The van der Waals surface area contributed by atoms with Gasteiger partial charge in [0.25, 0.3) is 5.91 Å². The number of benzene rings is 3. The minimum absolute atomic E-state index is 0.0411. The second kappa shape index (κ2) is 10.1. The molecule has 6 nitrogen and oxygen atoms in total. The SMILES string of the molecule is Cc1ccc(C2=NN(C3=NC(=O)[C@H](CC(=O)Nc4ccccc4)S3)[C@H](c3ccc(Cl)cc3)C2)cc1. The number of hydrazone groups is 1. The predicted molar refractivity (Wildman–Crippen MR) is 142 cm³/mol. The summed E-state index contributed by atoms with van der Waals surface area (Å²) in [6.45, 7) is 2.05. The first-order valence-electron chi connectivity index (χ1n) is 11.3. The Balaban J connectivity index is 1.36. The zero-order valence-electron chi connectivity index (χ0n) is 19.0.